The Morgan fingerprint density at radius 3 is 2.52 bits per heavy atom. The molecule has 0 unspecified atom stereocenters. The zero-order chi connectivity index (χ0) is 20.2. The number of hydrogen-bond donors (Lipinski definition) is 0. The number of amides is 1. The second kappa shape index (κ2) is 8.22. The Balaban J connectivity index is 1.33. The third-order valence-corrected chi connectivity index (χ3v) is 4.87. The van der Waals surface area contributed by atoms with Crippen LogP contribution in [-0.2, 0) is 9.53 Å². The van der Waals surface area contributed by atoms with E-state index in [4.69, 9.17) is 4.74 Å². The molecule has 148 valence electrons. The van der Waals surface area contributed by atoms with Crippen LogP contribution in [0.15, 0.2) is 54.9 Å². The first-order valence-electron chi connectivity index (χ1n) is 9.27. The summed E-state index contributed by atoms with van der Waals surface area (Å²) in [6, 6.07) is 11.6. The first-order chi connectivity index (χ1) is 14.1. The summed E-state index contributed by atoms with van der Waals surface area (Å²) in [4.78, 5) is 36.7. The van der Waals surface area contributed by atoms with E-state index in [2.05, 4.69) is 9.97 Å². The van der Waals surface area contributed by atoms with Gasteiger partial charge in [0.2, 0.25) is 0 Å². The SMILES string of the molecule is O=C(OCC(=O)N1CCN(c2ccccc2F)CC1)c1cccc2nccnc12. The van der Waals surface area contributed by atoms with E-state index in [1.165, 1.54) is 12.3 Å². The number of halogens is 1. The van der Waals surface area contributed by atoms with Gasteiger partial charge in [0.05, 0.1) is 16.8 Å². The van der Waals surface area contributed by atoms with Crippen LogP contribution in [0.4, 0.5) is 10.1 Å². The minimum absolute atomic E-state index is 0.271. The monoisotopic (exact) mass is 394 g/mol. The van der Waals surface area contributed by atoms with Crippen molar-refractivity contribution in [3.05, 3.63) is 66.2 Å². The fourth-order valence-electron chi connectivity index (χ4n) is 3.36. The number of nitrogens with zero attached hydrogens (tertiary/aromatic N) is 4. The van der Waals surface area contributed by atoms with Gasteiger partial charge in [0, 0.05) is 38.6 Å². The van der Waals surface area contributed by atoms with Crippen LogP contribution >= 0.6 is 0 Å². The quantitative estimate of drug-likeness (QED) is 0.632. The number of ether oxygens (including phenoxy) is 1. The van der Waals surface area contributed by atoms with Gasteiger partial charge in [-0.05, 0) is 24.3 Å². The molecule has 0 saturated carbocycles. The van der Waals surface area contributed by atoms with E-state index < -0.39 is 5.97 Å². The molecular formula is C21H19FN4O3. The van der Waals surface area contributed by atoms with E-state index in [9.17, 15) is 14.0 Å². The van der Waals surface area contributed by atoms with E-state index in [-0.39, 0.29) is 23.9 Å². The van der Waals surface area contributed by atoms with Crippen LogP contribution in [-0.4, -0.2) is 59.5 Å². The lowest BCUT2D eigenvalue weighted by Crippen LogP contribution is -2.50. The van der Waals surface area contributed by atoms with Crippen LogP contribution in [0, 0.1) is 5.82 Å². The third kappa shape index (κ3) is 4.01. The Bertz CT molecular complexity index is 1050. The minimum atomic E-state index is -0.616. The molecule has 1 aromatic heterocycles. The molecule has 1 aliphatic heterocycles. The van der Waals surface area contributed by atoms with E-state index in [1.807, 2.05) is 4.90 Å². The van der Waals surface area contributed by atoms with E-state index in [0.29, 0.717) is 42.9 Å². The average Bonchev–Trinajstić information content (AvgIpc) is 2.77. The second-order valence-electron chi connectivity index (χ2n) is 6.63. The van der Waals surface area contributed by atoms with Crippen molar-refractivity contribution in [2.75, 3.05) is 37.7 Å². The molecule has 8 heteroatoms. The summed E-state index contributed by atoms with van der Waals surface area (Å²) in [5, 5.41) is 0. The summed E-state index contributed by atoms with van der Waals surface area (Å²) < 4.78 is 19.1. The number of piperazine rings is 1. The number of para-hydroxylation sites is 2. The molecule has 3 aromatic rings. The Morgan fingerprint density at radius 1 is 0.966 bits per heavy atom. The number of fused-ring (bicyclic) bond motifs is 1. The number of hydrogen-bond acceptors (Lipinski definition) is 6. The highest BCUT2D eigenvalue weighted by molar-refractivity contribution is 6.02. The van der Waals surface area contributed by atoms with Gasteiger partial charge in [0.25, 0.3) is 5.91 Å². The normalized spacial score (nSPS) is 14.1. The number of esters is 1. The molecule has 2 aromatic carbocycles. The first-order valence-corrected chi connectivity index (χ1v) is 9.27. The molecule has 0 radical (unpaired) electrons. The third-order valence-electron chi connectivity index (χ3n) is 4.87. The smallest absolute Gasteiger partial charge is 0.340 e. The highest BCUT2D eigenvalue weighted by atomic mass is 19.1. The molecule has 29 heavy (non-hydrogen) atoms. The number of rotatable bonds is 4. The minimum Gasteiger partial charge on any atom is -0.452 e. The number of carbonyl (C=O) groups is 2. The average molecular weight is 394 g/mol. The van der Waals surface area contributed by atoms with E-state index >= 15 is 0 Å². The number of benzene rings is 2. The molecule has 2 heterocycles. The van der Waals surface area contributed by atoms with Gasteiger partial charge in [-0.25, -0.2) is 9.18 Å². The molecule has 1 aliphatic rings. The van der Waals surface area contributed by atoms with Gasteiger partial charge >= 0.3 is 5.97 Å². The van der Waals surface area contributed by atoms with Gasteiger partial charge in [-0.3, -0.25) is 14.8 Å². The van der Waals surface area contributed by atoms with Crippen LogP contribution in [0.5, 0.6) is 0 Å². The van der Waals surface area contributed by atoms with Gasteiger partial charge in [0.15, 0.2) is 6.61 Å². The molecule has 0 bridgehead atoms. The fourth-order valence-corrected chi connectivity index (χ4v) is 3.36. The zero-order valence-corrected chi connectivity index (χ0v) is 15.6. The molecule has 0 atom stereocenters. The topological polar surface area (TPSA) is 75.6 Å². The molecule has 0 N–H and O–H groups in total. The van der Waals surface area contributed by atoms with Crippen molar-refractivity contribution < 1.29 is 18.7 Å². The van der Waals surface area contributed by atoms with Crippen molar-refractivity contribution in [3.8, 4) is 0 Å². The Hall–Kier alpha value is -3.55. The first kappa shape index (κ1) is 18.8. The van der Waals surface area contributed by atoms with E-state index in [1.54, 1.807) is 47.5 Å². The van der Waals surface area contributed by atoms with Crippen LogP contribution in [0.3, 0.4) is 0 Å². The van der Waals surface area contributed by atoms with E-state index in [0.717, 1.165) is 0 Å². The van der Waals surface area contributed by atoms with Gasteiger partial charge in [-0.2, -0.15) is 0 Å². The summed E-state index contributed by atoms with van der Waals surface area (Å²) in [6.45, 7) is 1.54. The van der Waals surface area contributed by atoms with Crippen molar-refractivity contribution in [3.63, 3.8) is 0 Å². The highest BCUT2D eigenvalue weighted by Crippen LogP contribution is 2.20. The van der Waals surface area contributed by atoms with Gasteiger partial charge in [-0.1, -0.05) is 18.2 Å². The maximum absolute atomic E-state index is 13.9. The maximum atomic E-state index is 13.9. The van der Waals surface area contributed by atoms with Gasteiger partial charge < -0.3 is 14.5 Å². The molecule has 4 rings (SSSR count). The predicted octanol–water partition coefficient (Wildman–Crippen LogP) is 2.27. The molecule has 0 spiro atoms. The summed E-state index contributed by atoms with van der Waals surface area (Å²) >= 11 is 0. The number of carbonyl (C=O) groups excluding carboxylic acids is 2. The molecule has 7 nitrogen and oxygen atoms in total. The summed E-state index contributed by atoms with van der Waals surface area (Å²) in [7, 11) is 0. The summed E-state index contributed by atoms with van der Waals surface area (Å²) in [5.41, 5.74) is 1.82. The zero-order valence-electron chi connectivity index (χ0n) is 15.6. The fraction of sp³-hybridized carbons (Fsp3) is 0.238. The van der Waals surface area contributed by atoms with Crippen molar-refractivity contribution in [2.45, 2.75) is 0 Å². The molecule has 1 fully saturated rings. The highest BCUT2D eigenvalue weighted by Gasteiger charge is 2.24. The van der Waals surface area contributed by atoms with Crippen LogP contribution in [0.2, 0.25) is 0 Å². The summed E-state index contributed by atoms with van der Waals surface area (Å²) in [5.74, 6) is -1.17. The Kier molecular flexibility index (Phi) is 5.33. The van der Waals surface area contributed by atoms with Crippen LogP contribution < -0.4 is 4.90 Å². The van der Waals surface area contributed by atoms with Crippen LogP contribution in [0.25, 0.3) is 11.0 Å². The van der Waals surface area contributed by atoms with Crippen molar-refractivity contribution in [2.24, 2.45) is 0 Å². The molecular weight excluding hydrogens is 375 g/mol. The van der Waals surface area contributed by atoms with Crippen LogP contribution in [0.1, 0.15) is 10.4 Å². The Morgan fingerprint density at radius 2 is 1.72 bits per heavy atom. The lowest BCUT2D eigenvalue weighted by atomic mass is 10.2. The number of anilines is 1. The van der Waals surface area contributed by atoms with Crippen molar-refractivity contribution in [1.82, 2.24) is 14.9 Å². The van der Waals surface area contributed by atoms with Gasteiger partial charge in [-0.15, -0.1) is 0 Å². The lowest BCUT2D eigenvalue weighted by Gasteiger charge is -2.36. The lowest BCUT2D eigenvalue weighted by molar-refractivity contribution is -0.134. The second-order valence-corrected chi connectivity index (χ2v) is 6.63. The number of aromatic nitrogens is 2. The molecule has 1 saturated heterocycles. The Labute approximate surface area is 166 Å². The largest absolute Gasteiger partial charge is 0.452 e. The van der Waals surface area contributed by atoms with Crippen molar-refractivity contribution >= 4 is 28.6 Å². The predicted molar refractivity (Wildman–Crippen MR) is 105 cm³/mol. The maximum Gasteiger partial charge on any atom is 0.340 e. The van der Waals surface area contributed by atoms with Gasteiger partial charge in [0.1, 0.15) is 11.3 Å². The standard InChI is InChI=1S/C21H19FN4O3/c22-16-5-1-2-7-18(16)25-10-12-26(13-11-25)19(27)14-29-21(28)15-4-3-6-17-20(15)24-9-8-23-17/h1-9H,10-14H2. The van der Waals surface area contributed by atoms with Crippen molar-refractivity contribution in [1.29, 1.82) is 0 Å². The molecule has 1 amide bonds. The summed E-state index contributed by atoms with van der Waals surface area (Å²) in [6.07, 6.45) is 3.04. The molecule has 0 aliphatic carbocycles.